The maximum absolute atomic E-state index is 15.5. The van der Waals surface area contributed by atoms with E-state index in [1.165, 1.54) is 11.0 Å². The second-order valence-corrected chi connectivity index (χ2v) is 13.4. The summed E-state index contributed by atoms with van der Waals surface area (Å²) in [5, 5.41) is 14.2. The number of ether oxygens (including phenoxy) is 2. The van der Waals surface area contributed by atoms with Crippen LogP contribution >= 0.6 is 0 Å². The molecule has 2 aliphatic rings. The van der Waals surface area contributed by atoms with E-state index in [0.717, 1.165) is 24.0 Å². The summed E-state index contributed by atoms with van der Waals surface area (Å²) in [5.41, 5.74) is 1.71. The van der Waals surface area contributed by atoms with Crippen LogP contribution in [0.5, 0.6) is 5.75 Å². The Morgan fingerprint density at radius 3 is 2.37 bits per heavy atom. The summed E-state index contributed by atoms with van der Waals surface area (Å²) in [4.78, 5) is 28.6. The van der Waals surface area contributed by atoms with Crippen LogP contribution in [0.15, 0.2) is 42.5 Å². The quantitative estimate of drug-likeness (QED) is 0.435. The van der Waals surface area contributed by atoms with Crippen molar-refractivity contribution in [3.8, 4) is 5.75 Å². The molecule has 7 nitrogen and oxygen atoms in total. The number of carboxylic acids is 1. The Balaban J connectivity index is 1.84. The smallest absolute Gasteiger partial charge is 0.326 e. The molecule has 2 heterocycles. The predicted octanol–water partition coefficient (Wildman–Crippen LogP) is 5.86. The lowest BCUT2D eigenvalue weighted by Crippen LogP contribution is -2.51. The third-order valence-electron chi connectivity index (χ3n) is 8.53. The van der Waals surface area contributed by atoms with Crippen LogP contribution in [0, 0.1) is 17.2 Å². The summed E-state index contributed by atoms with van der Waals surface area (Å²) in [6.45, 7) is 13.2. The van der Waals surface area contributed by atoms with E-state index in [-0.39, 0.29) is 5.41 Å². The summed E-state index contributed by atoms with van der Waals surface area (Å²) in [5.74, 6) is -1.80. The fourth-order valence-corrected chi connectivity index (χ4v) is 6.48. The Labute approximate surface area is 243 Å². The number of benzene rings is 2. The number of amides is 1. The molecule has 0 unspecified atom stereocenters. The summed E-state index contributed by atoms with van der Waals surface area (Å²) < 4.78 is 27.1. The topological polar surface area (TPSA) is 88.1 Å². The maximum atomic E-state index is 15.5. The number of hydrogen-bond acceptors (Lipinski definition) is 5. The van der Waals surface area contributed by atoms with Gasteiger partial charge < -0.3 is 24.8 Å². The molecule has 0 aromatic heterocycles. The Kier molecular flexibility index (Phi) is 9.14. The van der Waals surface area contributed by atoms with Crippen LogP contribution in [0.4, 0.5) is 4.39 Å². The highest BCUT2D eigenvalue weighted by atomic mass is 19.1. The predicted molar refractivity (Wildman–Crippen MR) is 156 cm³/mol. The SMILES string of the molecule is COc1ccc(C(C)(C)C)cc1CN[C@H]1[C@H](C(C)(C)C)[C@@H](C(=O)O)N(C(=O)[C@@H]2CCCCO2)[C@H]1c1ccccc1F. The van der Waals surface area contributed by atoms with Crippen LogP contribution in [0.3, 0.4) is 0 Å². The standard InChI is InChI=1S/C33H45FN2O5/c1-32(2,3)21-15-16-24(40-7)20(18-21)19-35-27-26(33(4,5)6)29(31(38)39)36(30(37)25-14-10-11-17-41-25)28(27)22-12-8-9-13-23(22)34/h8-9,12-13,15-16,18,25-29,35H,10-11,14,17,19H2,1-7H3,(H,38,39)/t25-,26-,27-,28-,29-/m0/s1. The van der Waals surface area contributed by atoms with Crippen LogP contribution in [0.1, 0.15) is 83.5 Å². The summed E-state index contributed by atoms with van der Waals surface area (Å²) in [7, 11) is 1.62. The monoisotopic (exact) mass is 568 g/mol. The van der Waals surface area contributed by atoms with Gasteiger partial charge in [-0.3, -0.25) is 4.79 Å². The van der Waals surface area contributed by atoms with Crippen LogP contribution in [-0.2, 0) is 26.3 Å². The van der Waals surface area contributed by atoms with Crippen molar-refractivity contribution < 1.29 is 28.6 Å². The normalized spacial score (nSPS) is 25.3. The summed E-state index contributed by atoms with van der Waals surface area (Å²) >= 11 is 0. The van der Waals surface area contributed by atoms with Crippen LogP contribution < -0.4 is 10.1 Å². The van der Waals surface area contributed by atoms with Gasteiger partial charge in [-0.25, -0.2) is 9.18 Å². The number of methoxy groups -OCH3 is 1. The largest absolute Gasteiger partial charge is 0.496 e. The number of nitrogens with one attached hydrogen (secondary N) is 1. The molecular weight excluding hydrogens is 523 g/mol. The van der Waals surface area contributed by atoms with E-state index in [9.17, 15) is 14.7 Å². The molecule has 2 fully saturated rings. The fourth-order valence-electron chi connectivity index (χ4n) is 6.48. The van der Waals surface area contributed by atoms with Gasteiger partial charge in [0.25, 0.3) is 5.91 Å². The van der Waals surface area contributed by atoms with Gasteiger partial charge in [-0.1, -0.05) is 71.9 Å². The molecule has 2 aromatic rings. The number of likely N-dealkylation sites (tertiary alicyclic amines) is 1. The molecule has 2 aliphatic heterocycles. The van der Waals surface area contributed by atoms with Gasteiger partial charge in [-0.05, 0) is 47.8 Å². The van der Waals surface area contributed by atoms with Crippen LogP contribution in [0.2, 0.25) is 0 Å². The minimum atomic E-state index is -1.17. The Morgan fingerprint density at radius 1 is 1.10 bits per heavy atom. The molecule has 5 atom stereocenters. The molecule has 2 saturated heterocycles. The summed E-state index contributed by atoms with van der Waals surface area (Å²) in [6, 6.07) is 9.85. The zero-order valence-electron chi connectivity index (χ0n) is 25.4. The number of carbonyl (C=O) groups excluding carboxylic acids is 1. The van der Waals surface area contributed by atoms with E-state index >= 15 is 4.39 Å². The van der Waals surface area contributed by atoms with Gasteiger partial charge in [-0.2, -0.15) is 0 Å². The molecule has 41 heavy (non-hydrogen) atoms. The minimum absolute atomic E-state index is 0.0877. The molecule has 2 N–H and O–H groups in total. The molecule has 4 rings (SSSR count). The lowest BCUT2D eigenvalue weighted by atomic mass is 9.72. The van der Waals surface area contributed by atoms with E-state index in [1.54, 1.807) is 25.3 Å². The first kappa shape index (κ1) is 31.0. The molecule has 0 saturated carbocycles. The zero-order valence-corrected chi connectivity index (χ0v) is 25.4. The molecule has 224 valence electrons. The van der Waals surface area contributed by atoms with Crippen molar-refractivity contribution in [3.63, 3.8) is 0 Å². The fraction of sp³-hybridized carbons (Fsp3) is 0.576. The van der Waals surface area contributed by atoms with Crippen molar-refractivity contribution in [1.29, 1.82) is 0 Å². The number of nitrogens with zero attached hydrogens (tertiary/aromatic N) is 1. The molecule has 0 bridgehead atoms. The molecule has 2 aromatic carbocycles. The van der Waals surface area contributed by atoms with Crippen LogP contribution in [0.25, 0.3) is 0 Å². The number of carboxylic acid groups (broad SMARTS) is 1. The Hall–Kier alpha value is -2.97. The Morgan fingerprint density at radius 2 is 1.80 bits per heavy atom. The molecule has 0 spiro atoms. The first-order valence-electron chi connectivity index (χ1n) is 14.6. The third kappa shape index (κ3) is 6.44. The van der Waals surface area contributed by atoms with Gasteiger partial charge in [0.2, 0.25) is 0 Å². The highest BCUT2D eigenvalue weighted by Crippen LogP contribution is 2.49. The molecule has 0 radical (unpaired) electrons. The highest BCUT2D eigenvalue weighted by Gasteiger charge is 2.59. The van der Waals surface area contributed by atoms with Crippen molar-refractivity contribution in [2.45, 2.75) is 97.0 Å². The van der Waals surface area contributed by atoms with Crippen molar-refractivity contribution in [2.24, 2.45) is 11.3 Å². The van der Waals surface area contributed by atoms with Gasteiger partial charge in [0.1, 0.15) is 23.7 Å². The summed E-state index contributed by atoms with van der Waals surface area (Å²) in [6.07, 6.45) is 1.44. The van der Waals surface area contributed by atoms with Gasteiger partial charge in [-0.15, -0.1) is 0 Å². The zero-order chi connectivity index (χ0) is 30.1. The Bertz CT molecular complexity index is 1240. The lowest BCUT2D eigenvalue weighted by Gasteiger charge is -2.36. The maximum Gasteiger partial charge on any atom is 0.326 e. The first-order chi connectivity index (χ1) is 19.3. The third-order valence-corrected chi connectivity index (χ3v) is 8.53. The molecule has 8 heteroatoms. The van der Waals surface area contributed by atoms with E-state index in [1.807, 2.05) is 32.9 Å². The second-order valence-electron chi connectivity index (χ2n) is 13.4. The van der Waals surface area contributed by atoms with Gasteiger partial charge >= 0.3 is 5.97 Å². The van der Waals surface area contributed by atoms with E-state index in [2.05, 4.69) is 32.2 Å². The number of halogens is 1. The van der Waals surface area contributed by atoms with Crippen molar-refractivity contribution in [2.75, 3.05) is 13.7 Å². The van der Waals surface area contributed by atoms with Gasteiger partial charge in [0.15, 0.2) is 0 Å². The van der Waals surface area contributed by atoms with Gasteiger partial charge in [0, 0.05) is 36.2 Å². The van der Waals surface area contributed by atoms with Crippen molar-refractivity contribution in [1.82, 2.24) is 10.2 Å². The van der Waals surface area contributed by atoms with Crippen LogP contribution in [-0.4, -0.2) is 53.8 Å². The van der Waals surface area contributed by atoms with E-state index in [4.69, 9.17) is 9.47 Å². The number of rotatable bonds is 7. The molecule has 1 amide bonds. The van der Waals surface area contributed by atoms with Crippen molar-refractivity contribution >= 4 is 11.9 Å². The average molecular weight is 569 g/mol. The van der Waals surface area contributed by atoms with E-state index in [0.29, 0.717) is 30.9 Å². The second kappa shape index (κ2) is 12.1. The lowest BCUT2D eigenvalue weighted by molar-refractivity contribution is -0.159. The van der Waals surface area contributed by atoms with E-state index < -0.39 is 53.3 Å². The van der Waals surface area contributed by atoms with Crippen molar-refractivity contribution in [3.05, 3.63) is 65.0 Å². The molecular formula is C33H45FN2O5. The average Bonchev–Trinajstić information content (AvgIpc) is 3.27. The first-order valence-corrected chi connectivity index (χ1v) is 14.6. The minimum Gasteiger partial charge on any atom is -0.496 e. The number of carbonyl (C=O) groups is 2. The molecule has 0 aliphatic carbocycles. The van der Waals surface area contributed by atoms with Gasteiger partial charge in [0.05, 0.1) is 13.2 Å². The highest BCUT2D eigenvalue weighted by molar-refractivity contribution is 5.88. The number of aliphatic carboxylic acids is 1. The number of hydrogen-bond donors (Lipinski definition) is 2.